The van der Waals surface area contributed by atoms with E-state index in [0.717, 1.165) is 16.8 Å². The highest BCUT2D eigenvalue weighted by Gasteiger charge is 2.01. The normalized spacial score (nSPS) is 10.7. The van der Waals surface area contributed by atoms with Crippen molar-refractivity contribution in [1.82, 2.24) is 9.97 Å². The summed E-state index contributed by atoms with van der Waals surface area (Å²) >= 11 is 1.66. The topological polar surface area (TPSA) is 25.8 Å². The third-order valence-electron chi connectivity index (χ3n) is 2.29. The quantitative estimate of drug-likeness (QED) is 0.618. The van der Waals surface area contributed by atoms with Crippen LogP contribution in [0.3, 0.4) is 0 Å². The molecule has 0 amide bonds. The zero-order chi connectivity index (χ0) is 10.1. The second kappa shape index (κ2) is 3.44. The standard InChI is InChI=1S/C12H8N2S/c1-2-6-13-10(3-1)9-4-5-12-11(7-9)14-8-15-12/h1-8H. The first kappa shape index (κ1) is 8.56. The van der Waals surface area contributed by atoms with Gasteiger partial charge < -0.3 is 0 Å². The van der Waals surface area contributed by atoms with Gasteiger partial charge in [0.1, 0.15) is 0 Å². The second-order valence-corrected chi connectivity index (χ2v) is 4.14. The summed E-state index contributed by atoms with van der Waals surface area (Å²) in [6.07, 6.45) is 1.81. The molecule has 0 N–H and O–H groups in total. The van der Waals surface area contributed by atoms with Crippen LogP contribution in [0.4, 0.5) is 0 Å². The molecule has 0 saturated carbocycles. The van der Waals surface area contributed by atoms with Crippen molar-refractivity contribution in [3.05, 3.63) is 48.1 Å². The Morgan fingerprint density at radius 1 is 1.00 bits per heavy atom. The first-order chi connectivity index (χ1) is 7.43. The van der Waals surface area contributed by atoms with E-state index in [-0.39, 0.29) is 0 Å². The Morgan fingerprint density at radius 2 is 2.00 bits per heavy atom. The fourth-order valence-electron chi connectivity index (χ4n) is 1.55. The Labute approximate surface area is 91.2 Å². The molecule has 0 aliphatic carbocycles. The van der Waals surface area contributed by atoms with Gasteiger partial charge in [0.05, 0.1) is 21.4 Å². The van der Waals surface area contributed by atoms with Crippen molar-refractivity contribution in [1.29, 1.82) is 0 Å². The van der Waals surface area contributed by atoms with Crippen molar-refractivity contribution >= 4 is 21.6 Å². The Bertz CT molecular complexity index is 587. The molecule has 0 aliphatic rings. The SMILES string of the molecule is c1ccc(-c2ccc3scnc3c2)nc1. The highest BCUT2D eigenvalue weighted by molar-refractivity contribution is 7.16. The summed E-state index contributed by atoms with van der Waals surface area (Å²) in [6.45, 7) is 0. The number of pyridine rings is 1. The number of aromatic nitrogens is 2. The van der Waals surface area contributed by atoms with Gasteiger partial charge in [-0.3, -0.25) is 4.98 Å². The maximum Gasteiger partial charge on any atom is 0.0818 e. The van der Waals surface area contributed by atoms with E-state index in [9.17, 15) is 0 Å². The molecule has 2 heterocycles. The Hall–Kier alpha value is -1.74. The predicted octanol–water partition coefficient (Wildman–Crippen LogP) is 3.36. The van der Waals surface area contributed by atoms with Crippen molar-refractivity contribution in [2.24, 2.45) is 0 Å². The minimum atomic E-state index is 0.993. The summed E-state index contributed by atoms with van der Waals surface area (Å²) in [5.41, 5.74) is 5.02. The third kappa shape index (κ3) is 1.51. The van der Waals surface area contributed by atoms with E-state index in [0.29, 0.717) is 0 Å². The smallest absolute Gasteiger partial charge is 0.0818 e. The lowest BCUT2D eigenvalue weighted by molar-refractivity contribution is 1.33. The Morgan fingerprint density at radius 3 is 2.87 bits per heavy atom. The third-order valence-corrected chi connectivity index (χ3v) is 3.10. The molecule has 1 aromatic carbocycles. The molecule has 3 rings (SSSR count). The molecule has 3 aromatic rings. The maximum absolute atomic E-state index is 4.32. The Balaban J connectivity index is 2.19. The summed E-state index contributed by atoms with van der Waals surface area (Å²) < 4.78 is 1.22. The molecule has 0 saturated heterocycles. The van der Waals surface area contributed by atoms with Gasteiger partial charge in [-0.15, -0.1) is 11.3 Å². The first-order valence-corrected chi connectivity index (χ1v) is 5.56. The average Bonchev–Trinajstić information content (AvgIpc) is 2.77. The molecule has 0 bridgehead atoms. The van der Waals surface area contributed by atoms with Crippen molar-refractivity contribution < 1.29 is 0 Å². The number of rotatable bonds is 1. The first-order valence-electron chi connectivity index (χ1n) is 4.68. The zero-order valence-electron chi connectivity index (χ0n) is 7.92. The van der Waals surface area contributed by atoms with Gasteiger partial charge in [-0.25, -0.2) is 4.98 Å². The lowest BCUT2D eigenvalue weighted by atomic mass is 10.1. The van der Waals surface area contributed by atoms with Crippen LogP contribution in [-0.4, -0.2) is 9.97 Å². The van der Waals surface area contributed by atoms with Crippen LogP contribution in [-0.2, 0) is 0 Å². The van der Waals surface area contributed by atoms with Gasteiger partial charge in [-0.05, 0) is 24.3 Å². The molecule has 0 radical (unpaired) electrons. The molecule has 0 unspecified atom stereocenters. The molecule has 0 spiro atoms. The van der Waals surface area contributed by atoms with Gasteiger partial charge in [0.25, 0.3) is 0 Å². The van der Waals surface area contributed by atoms with Crippen LogP contribution in [0.2, 0.25) is 0 Å². The second-order valence-electron chi connectivity index (χ2n) is 3.25. The van der Waals surface area contributed by atoms with Gasteiger partial charge in [-0.1, -0.05) is 12.1 Å². The van der Waals surface area contributed by atoms with E-state index >= 15 is 0 Å². The number of thiazole rings is 1. The predicted molar refractivity (Wildman–Crippen MR) is 62.9 cm³/mol. The van der Waals surface area contributed by atoms with Crippen molar-refractivity contribution in [2.75, 3.05) is 0 Å². The number of fused-ring (bicyclic) bond motifs is 1. The molecule has 0 fully saturated rings. The van der Waals surface area contributed by atoms with Crippen LogP contribution in [0.5, 0.6) is 0 Å². The summed E-state index contributed by atoms with van der Waals surface area (Å²) in [4.78, 5) is 8.61. The van der Waals surface area contributed by atoms with E-state index < -0.39 is 0 Å². The van der Waals surface area contributed by atoms with Gasteiger partial charge in [0.15, 0.2) is 0 Å². The van der Waals surface area contributed by atoms with Crippen molar-refractivity contribution in [3.8, 4) is 11.3 Å². The van der Waals surface area contributed by atoms with Crippen LogP contribution in [0.25, 0.3) is 21.5 Å². The van der Waals surface area contributed by atoms with Crippen molar-refractivity contribution in [3.63, 3.8) is 0 Å². The maximum atomic E-state index is 4.32. The zero-order valence-corrected chi connectivity index (χ0v) is 8.74. The molecule has 2 aromatic heterocycles. The van der Waals surface area contributed by atoms with Crippen LogP contribution in [0.1, 0.15) is 0 Å². The molecule has 3 heteroatoms. The minimum Gasteiger partial charge on any atom is -0.256 e. The van der Waals surface area contributed by atoms with E-state index in [2.05, 4.69) is 28.2 Å². The number of benzene rings is 1. The molecular formula is C12H8N2S. The summed E-state index contributed by atoms with van der Waals surface area (Å²) in [6, 6.07) is 12.2. The van der Waals surface area contributed by atoms with E-state index in [1.807, 2.05) is 23.7 Å². The number of hydrogen-bond donors (Lipinski definition) is 0. The molecule has 72 valence electrons. The summed E-state index contributed by atoms with van der Waals surface area (Å²) in [5, 5.41) is 0. The van der Waals surface area contributed by atoms with Crippen LogP contribution in [0.15, 0.2) is 48.1 Å². The highest BCUT2D eigenvalue weighted by atomic mass is 32.1. The molecule has 0 atom stereocenters. The Kier molecular flexibility index (Phi) is 1.96. The molecular weight excluding hydrogens is 204 g/mol. The fraction of sp³-hybridized carbons (Fsp3) is 0. The number of hydrogen-bond acceptors (Lipinski definition) is 3. The highest BCUT2D eigenvalue weighted by Crippen LogP contribution is 2.24. The van der Waals surface area contributed by atoms with Crippen LogP contribution < -0.4 is 0 Å². The van der Waals surface area contributed by atoms with Crippen LogP contribution in [0, 0.1) is 0 Å². The summed E-state index contributed by atoms with van der Waals surface area (Å²) in [5.74, 6) is 0. The van der Waals surface area contributed by atoms with Gasteiger partial charge >= 0.3 is 0 Å². The van der Waals surface area contributed by atoms with E-state index in [1.165, 1.54) is 4.70 Å². The average molecular weight is 212 g/mol. The number of nitrogens with zero attached hydrogens (tertiary/aromatic N) is 2. The summed E-state index contributed by atoms with van der Waals surface area (Å²) in [7, 11) is 0. The molecule has 2 nitrogen and oxygen atoms in total. The monoisotopic (exact) mass is 212 g/mol. The molecule has 0 aliphatic heterocycles. The fourth-order valence-corrected chi connectivity index (χ4v) is 2.21. The van der Waals surface area contributed by atoms with Gasteiger partial charge in [0.2, 0.25) is 0 Å². The van der Waals surface area contributed by atoms with Gasteiger partial charge in [0, 0.05) is 11.8 Å². The lowest BCUT2D eigenvalue weighted by Crippen LogP contribution is -1.81. The van der Waals surface area contributed by atoms with E-state index in [1.54, 1.807) is 17.5 Å². The van der Waals surface area contributed by atoms with Gasteiger partial charge in [-0.2, -0.15) is 0 Å². The largest absolute Gasteiger partial charge is 0.256 e. The van der Waals surface area contributed by atoms with Crippen LogP contribution >= 0.6 is 11.3 Å². The minimum absolute atomic E-state index is 0.993. The van der Waals surface area contributed by atoms with Crippen molar-refractivity contribution in [2.45, 2.75) is 0 Å². The van der Waals surface area contributed by atoms with E-state index in [4.69, 9.17) is 0 Å². The molecule has 15 heavy (non-hydrogen) atoms. The lowest BCUT2D eigenvalue weighted by Gasteiger charge is -1.99.